The van der Waals surface area contributed by atoms with E-state index in [1.807, 2.05) is 12.4 Å². The van der Waals surface area contributed by atoms with Crippen LogP contribution in [0.4, 0.5) is 0 Å². The molecule has 0 unspecified atom stereocenters. The standard InChI is InChI=1S/C14H24N2/c1-3-5-11-16(12-6-4-2)13-14-7-9-15-10-8-14/h7-10H,3-6,11-13H2,1-2H3. The summed E-state index contributed by atoms with van der Waals surface area (Å²) in [5.41, 5.74) is 1.38. The first-order chi connectivity index (χ1) is 7.86. The van der Waals surface area contributed by atoms with E-state index >= 15 is 0 Å². The van der Waals surface area contributed by atoms with Crippen molar-refractivity contribution >= 4 is 0 Å². The quantitative estimate of drug-likeness (QED) is 0.666. The summed E-state index contributed by atoms with van der Waals surface area (Å²) in [6.45, 7) is 8.02. The lowest BCUT2D eigenvalue weighted by Crippen LogP contribution is -2.25. The number of pyridine rings is 1. The molecule has 2 heteroatoms. The predicted octanol–water partition coefficient (Wildman–Crippen LogP) is 3.48. The number of hydrogen-bond donors (Lipinski definition) is 0. The Bertz CT molecular complexity index is 251. The van der Waals surface area contributed by atoms with Crippen LogP contribution in [0.25, 0.3) is 0 Å². The highest BCUT2D eigenvalue weighted by Crippen LogP contribution is 2.06. The van der Waals surface area contributed by atoms with Crippen molar-refractivity contribution in [2.45, 2.75) is 46.1 Å². The van der Waals surface area contributed by atoms with Gasteiger partial charge in [0.25, 0.3) is 0 Å². The first-order valence-corrected chi connectivity index (χ1v) is 6.48. The van der Waals surface area contributed by atoms with Gasteiger partial charge in [0.2, 0.25) is 0 Å². The van der Waals surface area contributed by atoms with E-state index in [9.17, 15) is 0 Å². The minimum absolute atomic E-state index is 1.07. The molecule has 1 aromatic heterocycles. The molecule has 0 bridgehead atoms. The van der Waals surface area contributed by atoms with E-state index in [1.54, 1.807) is 0 Å². The van der Waals surface area contributed by atoms with Crippen LogP contribution in [0, 0.1) is 0 Å². The smallest absolute Gasteiger partial charge is 0.0271 e. The fraction of sp³-hybridized carbons (Fsp3) is 0.643. The molecule has 1 aromatic rings. The van der Waals surface area contributed by atoms with Crippen molar-refractivity contribution in [1.82, 2.24) is 9.88 Å². The van der Waals surface area contributed by atoms with Crippen LogP contribution < -0.4 is 0 Å². The van der Waals surface area contributed by atoms with Crippen LogP contribution in [0.3, 0.4) is 0 Å². The maximum Gasteiger partial charge on any atom is 0.0271 e. The molecular weight excluding hydrogens is 196 g/mol. The lowest BCUT2D eigenvalue weighted by molar-refractivity contribution is 0.257. The molecule has 0 atom stereocenters. The summed E-state index contributed by atoms with van der Waals surface area (Å²) in [7, 11) is 0. The van der Waals surface area contributed by atoms with Gasteiger partial charge in [0, 0.05) is 18.9 Å². The second-order valence-electron chi connectivity index (χ2n) is 4.34. The van der Waals surface area contributed by atoms with E-state index in [-0.39, 0.29) is 0 Å². The van der Waals surface area contributed by atoms with Gasteiger partial charge in [-0.15, -0.1) is 0 Å². The summed E-state index contributed by atoms with van der Waals surface area (Å²) in [5, 5.41) is 0. The van der Waals surface area contributed by atoms with Crippen LogP contribution in [0.1, 0.15) is 45.1 Å². The molecule has 0 aliphatic heterocycles. The second-order valence-corrected chi connectivity index (χ2v) is 4.34. The molecule has 16 heavy (non-hydrogen) atoms. The molecular formula is C14H24N2. The van der Waals surface area contributed by atoms with Crippen molar-refractivity contribution in [3.05, 3.63) is 30.1 Å². The zero-order valence-corrected chi connectivity index (χ0v) is 10.7. The number of rotatable bonds is 8. The summed E-state index contributed by atoms with van der Waals surface area (Å²) in [6.07, 6.45) is 8.92. The van der Waals surface area contributed by atoms with Gasteiger partial charge in [-0.1, -0.05) is 26.7 Å². The maximum atomic E-state index is 4.06. The summed E-state index contributed by atoms with van der Waals surface area (Å²) in [4.78, 5) is 6.62. The highest BCUT2D eigenvalue weighted by atomic mass is 15.1. The van der Waals surface area contributed by atoms with Crippen molar-refractivity contribution in [2.75, 3.05) is 13.1 Å². The van der Waals surface area contributed by atoms with Crippen molar-refractivity contribution in [3.8, 4) is 0 Å². The van der Waals surface area contributed by atoms with E-state index < -0.39 is 0 Å². The third-order valence-electron chi connectivity index (χ3n) is 2.81. The number of nitrogens with zero attached hydrogens (tertiary/aromatic N) is 2. The molecule has 90 valence electrons. The highest BCUT2D eigenvalue weighted by molar-refractivity contribution is 5.09. The zero-order chi connectivity index (χ0) is 11.6. The SMILES string of the molecule is CCCCN(CCCC)Cc1ccncc1. The Morgan fingerprint density at radius 1 is 1.00 bits per heavy atom. The number of hydrogen-bond acceptors (Lipinski definition) is 2. The average molecular weight is 220 g/mol. The normalized spacial score (nSPS) is 10.9. The molecule has 0 amide bonds. The Balaban J connectivity index is 2.42. The van der Waals surface area contributed by atoms with E-state index in [4.69, 9.17) is 0 Å². The van der Waals surface area contributed by atoms with E-state index in [0.29, 0.717) is 0 Å². The van der Waals surface area contributed by atoms with Gasteiger partial charge in [-0.3, -0.25) is 9.88 Å². The van der Waals surface area contributed by atoms with Crippen LogP contribution in [0.2, 0.25) is 0 Å². The van der Waals surface area contributed by atoms with Gasteiger partial charge in [-0.2, -0.15) is 0 Å². The maximum absolute atomic E-state index is 4.06. The molecule has 1 rings (SSSR count). The van der Waals surface area contributed by atoms with Gasteiger partial charge < -0.3 is 0 Å². The van der Waals surface area contributed by atoms with E-state index in [0.717, 1.165) is 6.54 Å². The van der Waals surface area contributed by atoms with Crippen LogP contribution in [0.15, 0.2) is 24.5 Å². The van der Waals surface area contributed by atoms with Crippen molar-refractivity contribution in [3.63, 3.8) is 0 Å². The highest BCUT2D eigenvalue weighted by Gasteiger charge is 2.04. The minimum Gasteiger partial charge on any atom is -0.299 e. The summed E-state index contributed by atoms with van der Waals surface area (Å²) >= 11 is 0. The molecule has 0 aromatic carbocycles. The molecule has 0 aliphatic rings. The average Bonchev–Trinajstić information content (AvgIpc) is 2.34. The molecule has 2 nitrogen and oxygen atoms in total. The van der Waals surface area contributed by atoms with Crippen LogP contribution >= 0.6 is 0 Å². The fourth-order valence-electron chi connectivity index (χ4n) is 1.78. The Kier molecular flexibility index (Phi) is 6.82. The first kappa shape index (κ1) is 13.2. The monoisotopic (exact) mass is 220 g/mol. The lowest BCUT2D eigenvalue weighted by Gasteiger charge is -2.21. The third kappa shape index (κ3) is 5.26. The van der Waals surface area contributed by atoms with E-state index in [2.05, 4.69) is 35.9 Å². The topological polar surface area (TPSA) is 16.1 Å². The summed E-state index contributed by atoms with van der Waals surface area (Å²) in [5.74, 6) is 0. The van der Waals surface area contributed by atoms with Gasteiger partial charge in [-0.25, -0.2) is 0 Å². The summed E-state index contributed by atoms with van der Waals surface area (Å²) < 4.78 is 0. The van der Waals surface area contributed by atoms with Gasteiger partial charge in [-0.05, 0) is 43.6 Å². The van der Waals surface area contributed by atoms with Crippen molar-refractivity contribution in [1.29, 1.82) is 0 Å². The number of unbranched alkanes of at least 4 members (excludes halogenated alkanes) is 2. The second kappa shape index (κ2) is 8.28. The lowest BCUT2D eigenvalue weighted by atomic mass is 10.2. The largest absolute Gasteiger partial charge is 0.299 e. The molecule has 0 aliphatic carbocycles. The summed E-state index contributed by atoms with van der Waals surface area (Å²) in [6, 6.07) is 4.23. The molecule has 1 heterocycles. The van der Waals surface area contributed by atoms with E-state index in [1.165, 1.54) is 44.3 Å². The van der Waals surface area contributed by atoms with Crippen LogP contribution in [0.5, 0.6) is 0 Å². The van der Waals surface area contributed by atoms with Gasteiger partial charge in [0.1, 0.15) is 0 Å². The molecule has 0 saturated heterocycles. The fourth-order valence-corrected chi connectivity index (χ4v) is 1.78. The Labute approximate surface area is 99.7 Å². The molecule has 0 N–H and O–H groups in total. The Hall–Kier alpha value is -0.890. The molecule has 0 spiro atoms. The zero-order valence-electron chi connectivity index (χ0n) is 10.7. The van der Waals surface area contributed by atoms with Gasteiger partial charge in [0.05, 0.1) is 0 Å². The van der Waals surface area contributed by atoms with Crippen LogP contribution in [-0.4, -0.2) is 23.0 Å². The predicted molar refractivity (Wildman–Crippen MR) is 69.3 cm³/mol. The van der Waals surface area contributed by atoms with Crippen molar-refractivity contribution < 1.29 is 0 Å². The Morgan fingerprint density at radius 2 is 1.56 bits per heavy atom. The third-order valence-corrected chi connectivity index (χ3v) is 2.81. The number of aromatic nitrogens is 1. The molecule has 0 saturated carbocycles. The minimum atomic E-state index is 1.07. The van der Waals surface area contributed by atoms with Gasteiger partial charge >= 0.3 is 0 Å². The first-order valence-electron chi connectivity index (χ1n) is 6.48. The molecule has 0 radical (unpaired) electrons. The van der Waals surface area contributed by atoms with Crippen molar-refractivity contribution in [2.24, 2.45) is 0 Å². The van der Waals surface area contributed by atoms with Crippen LogP contribution in [-0.2, 0) is 6.54 Å². The Morgan fingerprint density at radius 3 is 2.06 bits per heavy atom. The molecule has 0 fully saturated rings. The van der Waals surface area contributed by atoms with Gasteiger partial charge in [0.15, 0.2) is 0 Å².